The normalized spacial score (nSPS) is 10.5. The predicted molar refractivity (Wildman–Crippen MR) is 608 cm³/mol. The van der Waals surface area contributed by atoms with Gasteiger partial charge < -0.3 is 0 Å². The molecule has 21 rings (SSSR count). The first kappa shape index (κ1) is 98.1. The summed E-state index contributed by atoms with van der Waals surface area (Å²) in [6.07, 6.45) is 0. The standard InChI is InChI=1S/7C20H18/c1-15-5-3-7-19(13-15)17-9-11-18(12-10-17)20-8-4-6-16(2)14-20;1-15-10-12-17(13-11-15)19-8-3-4-9-20(19)18-7-5-6-16(2)14-18;1-15-6-5-8-19(14-15)17-10-12-18(13-11-17)20-9-4-3-7-16(20)2;1-15-11-13-17(14-12-15)19-9-5-6-10-20(19)18-8-4-3-7-16(18)2;1-15-10-12-17(13-11-15)18-7-5-8-19(14-18)20-9-4-3-6-16(20)2;1-15-6-8-17(9-7-15)18-10-12-19(13-11-18)20-5-3-4-16(2)14-20;1-15-7-11-17(12-8-15)19-5-3-4-6-20(19)18-13-9-16(2)10-14-18/h7*3-14H,1-2H3. The molecule has 0 unspecified atom stereocenters. The summed E-state index contributed by atoms with van der Waals surface area (Å²) in [5, 5.41) is 0. The minimum Gasteiger partial charge on any atom is -0.0620 e. The Balaban J connectivity index is 0.000000124. The van der Waals surface area contributed by atoms with Gasteiger partial charge in [-0.05, 0) is 275 Å². The molecule has 0 aromatic heterocycles. The molecule has 0 amide bonds. The van der Waals surface area contributed by atoms with Crippen molar-refractivity contribution < 1.29 is 0 Å². The van der Waals surface area contributed by atoms with Gasteiger partial charge in [0.2, 0.25) is 0 Å². The Labute approximate surface area is 834 Å². The largest absolute Gasteiger partial charge is 0.0620 e. The van der Waals surface area contributed by atoms with Gasteiger partial charge in [0, 0.05) is 0 Å². The smallest absolute Gasteiger partial charge is 0.0103 e. The van der Waals surface area contributed by atoms with Crippen molar-refractivity contribution >= 4 is 0 Å². The van der Waals surface area contributed by atoms with E-state index < -0.39 is 0 Å². The number of benzene rings is 21. The van der Waals surface area contributed by atoms with Crippen molar-refractivity contribution in [2.45, 2.75) is 96.9 Å². The second kappa shape index (κ2) is 48.4. The molecule has 0 atom stereocenters. The molecule has 0 aliphatic rings. The van der Waals surface area contributed by atoms with Gasteiger partial charge in [0.15, 0.2) is 0 Å². The lowest BCUT2D eigenvalue weighted by molar-refractivity contribution is 1.44. The van der Waals surface area contributed by atoms with Gasteiger partial charge in [-0.1, -0.05) is 565 Å². The van der Waals surface area contributed by atoms with Crippen LogP contribution < -0.4 is 0 Å². The summed E-state index contributed by atoms with van der Waals surface area (Å²) < 4.78 is 0. The fourth-order valence-electron chi connectivity index (χ4n) is 17.6. The first-order valence-corrected chi connectivity index (χ1v) is 48.8. The van der Waals surface area contributed by atoms with Gasteiger partial charge in [-0.3, -0.25) is 0 Å². The van der Waals surface area contributed by atoms with Gasteiger partial charge in [0.05, 0.1) is 0 Å². The van der Waals surface area contributed by atoms with E-state index in [4.69, 9.17) is 0 Å². The van der Waals surface area contributed by atoms with Crippen molar-refractivity contribution in [3.8, 4) is 156 Å². The van der Waals surface area contributed by atoms with Crippen LogP contribution in [0.25, 0.3) is 156 Å². The summed E-state index contributed by atoms with van der Waals surface area (Å²) >= 11 is 0. The maximum absolute atomic E-state index is 2.27. The van der Waals surface area contributed by atoms with E-state index >= 15 is 0 Å². The zero-order valence-electron chi connectivity index (χ0n) is 83.5. The molecule has 0 aliphatic carbocycles. The molecule has 0 heteroatoms. The lowest BCUT2D eigenvalue weighted by atomic mass is 9.92. The van der Waals surface area contributed by atoms with E-state index in [9.17, 15) is 0 Å². The first-order chi connectivity index (χ1) is 68.1. The van der Waals surface area contributed by atoms with Gasteiger partial charge in [-0.15, -0.1) is 0 Å². The van der Waals surface area contributed by atoms with E-state index in [-0.39, 0.29) is 0 Å². The van der Waals surface area contributed by atoms with Crippen LogP contribution in [0, 0.1) is 96.9 Å². The topological polar surface area (TPSA) is 0 Å². The quantitative estimate of drug-likeness (QED) is 0.102. The maximum Gasteiger partial charge on any atom is -0.0103 e. The van der Waals surface area contributed by atoms with Gasteiger partial charge in [0.1, 0.15) is 0 Å². The van der Waals surface area contributed by atoms with Crippen molar-refractivity contribution in [2.75, 3.05) is 0 Å². The lowest BCUT2D eigenvalue weighted by Crippen LogP contribution is -1.87. The number of hydrogen-bond donors (Lipinski definition) is 0. The van der Waals surface area contributed by atoms with Crippen molar-refractivity contribution in [2.24, 2.45) is 0 Å². The molecule has 140 heavy (non-hydrogen) atoms. The molecule has 686 valence electrons. The molecule has 0 fully saturated rings. The molecule has 0 bridgehead atoms. The number of rotatable bonds is 14. The highest BCUT2D eigenvalue weighted by molar-refractivity contribution is 5.88. The predicted octanol–water partition coefficient (Wildman–Crippen LogP) is 39.5. The van der Waals surface area contributed by atoms with Crippen LogP contribution >= 0.6 is 0 Å². The van der Waals surface area contributed by atoms with E-state index in [2.05, 4.69) is 607 Å². The maximum atomic E-state index is 2.27. The Morgan fingerprint density at radius 1 is 0.0786 bits per heavy atom. The molecule has 0 N–H and O–H groups in total. The van der Waals surface area contributed by atoms with Crippen molar-refractivity contribution in [1.82, 2.24) is 0 Å². The van der Waals surface area contributed by atoms with E-state index in [1.807, 2.05) is 0 Å². The minimum absolute atomic E-state index is 1.27. The summed E-state index contributed by atoms with van der Waals surface area (Å²) in [6.45, 7) is 29.9. The average Bonchev–Trinajstić information content (AvgIpc) is 0.786. The van der Waals surface area contributed by atoms with Crippen LogP contribution in [-0.2, 0) is 0 Å². The van der Waals surface area contributed by atoms with Crippen molar-refractivity contribution in [1.29, 1.82) is 0 Å². The first-order valence-electron chi connectivity index (χ1n) is 48.8. The summed E-state index contributed by atoms with van der Waals surface area (Å²) in [6, 6.07) is 182. The Bertz CT molecular complexity index is 7450. The van der Waals surface area contributed by atoms with Gasteiger partial charge in [0.25, 0.3) is 0 Å². The Morgan fingerprint density at radius 2 is 0.229 bits per heavy atom. The lowest BCUT2D eigenvalue weighted by Gasteiger charge is -2.12. The molecule has 0 saturated heterocycles. The summed E-state index contributed by atoms with van der Waals surface area (Å²) in [4.78, 5) is 0. The molecular weight excluding hydrogens is 1680 g/mol. The SMILES string of the molecule is Cc1ccc(-c2ccc(-c3cccc(C)c3)cc2)cc1.Cc1ccc(-c2cccc(-c3ccccc3C)c2)cc1.Cc1ccc(-c2ccccc2-c2ccc(C)cc2)cc1.Cc1ccc(-c2ccccc2-c2cccc(C)c2)cc1.Cc1ccc(-c2ccccc2-c2ccccc2C)cc1.Cc1cccc(-c2ccc(-c3cccc(C)c3)cc2)c1.Cc1cccc(-c2ccc(-c3ccccc3C)cc2)c1. The van der Waals surface area contributed by atoms with Gasteiger partial charge >= 0.3 is 0 Å². The Morgan fingerprint density at radius 3 is 0.486 bits per heavy atom. The highest BCUT2D eigenvalue weighted by Gasteiger charge is 2.14. The van der Waals surface area contributed by atoms with Crippen LogP contribution in [0.2, 0.25) is 0 Å². The van der Waals surface area contributed by atoms with Crippen molar-refractivity contribution in [3.63, 3.8) is 0 Å². The van der Waals surface area contributed by atoms with Gasteiger partial charge in [-0.2, -0.15) is 0 Å². The highest BCUT2D eigenvalue weighted by atomic mass is 14.2. The third-order valence-corrected chi connectivity index (χ3v) is 25.6. The average molecular weight is 1810 g/mol. The number of hydrogen-bond acceptors (Lipinski definition) is 0. The third-order valence-electron chi connectivity index (χ3n) is 25.6. The Hall–Kier alpha value is -16.4. The monoisotopic (exact) mass is 1810 g/mol. The van der Waals surface area contributed by atoms with Crippen LogP contribution in [0.1, 0.15) is 77.9 Å². The second-order valence-corrected chi connectivity index (χ2v) is 36.9. The zero-order chi connectivity index (χ0) is 97.6. The molecule has 0 nitrogen and oxygen atoms in total. The summed E-state index contributed by atoms with van der Waals surface area (Å²) in [7, 11) is 0. The highest BCUT2D eigenvalue weighted by Crippen LogP contribution is 2.39. The molecule has 0 heterocycles. The van der Waals surface area contributed by atoms with Crippen molar-refractivity contribution in [3.05, 3.63) is 587 Å². The molecule has 21 aromatic rings. The fourth-order valence-corrected chi connectivity index (χ4v) is 17.6. The van der Waals surface area contributed by atoms with E-state index in [0.717, 1.165) is 0 Å². The summed E-state index contributed by atoms with van der Waals surface area (Å²) in [5.74, 6) is 0. The fraction of sp³-hybridized carbons (Fsp3) is 0.100. The number of aryl methyl sites for hydroxylation is 14. The molecule has 0 saturated carbocycles. The third kappa shape index (κ3) is 27.1. The molecule has 0 spiro atoms. The second-order valence-electron chi connectivity index (χ2n) is 36.9. The summed E-state index contributed by atoms with van der Waals surface area (Å²) in [5.41, 5.74) is 54.0. The van der Waals surface area contributed by atoms with Crippen LogP contribution in [-0.4, -0.2) is 0 Å². The minimum atomic E-state index is 1.27. The van der Waals surface area contributed by atoms with E-state index in [0.29, 0.717) is 0 Å². The van der Waals surface area contributed by atoms with Gasteiger partial charge in [-0.25, -0.2) is 0 Å². The van der Waals surface area contributed by atoms with E-state index in [1.54, 1.807) is 0 Å². The molecule has 0 radical (unpaired) electrons. The zero-order valence-corrected chi connectivity index (χ0v) is 83.5. The molecule has 0 aliphatic heterocycles. The van der Waals surface area contributed by atoms with Crippen LogP contribution in [0.3, 0.4) is 0 Å². The van der Waals surface area contributed by atoms with Crippen LogP contribution in [0.5, 0.6) is 0 Å². The Kier molecular flexibility index (Phi) is 33.9. The van der Waals surface area contributed by atoms with Crippen LogP contribution in [0.4, 0.5) is 0 Å². The molecule has 21 aromatic carbocycles. The van der Waals surface area contributed by atoms with E-state index in [1.165, 1.54) is 234 Å². The van der Waals surface area contributed by atoms with Crippen LogP contribution in [0.15, 0.2) is 510 Å². The molecular formula is C140H126.